The Morgan fingerprint density at radius 3 is 2.48 bits per heavy atom. The Morgan fingerprint density at radius 2 is 1.87 bits per heavy atom. The van der Waals surface area contributed by atoms with E-state index < -0.39 is 0 Å². The number of nitrogens with zero attached hydrogens (tertiary/aromatic N) is 5. The van der Waals surface area contributed by atoms with E-state index in [-0.39, 0.29) is 11.9 Å². The smallest absolute Gasteiger partial charge is 0.233 e. The molecular formula is C24H27N5OS. The SMILES string of the molecule is CCN(C(=O)CSc1nnc(-c2ccccc2C)n1CC)C(C)c1ccc(C#N)cc1. The van der Waals surface area contributed by atoms with Crippen molar-refractivity contribution in [2.24, 2.45) is 0 Å². The Kier molecular flexibility index (Phi) is 7.48. The average molecular weight is 434 g/mol. The molecule has 0 aliphatic carbocycles. The highest BCUT2D eigenvalue weighted by Gasteiger charge is 2.22. The van der Waals surface area contributed by atoms with Gasteiger partial charge in [0.25, 0.3) is 0 Å². The average Bonchev–Trinajstić information content (AvgIpc) is 3.21. The number of rotatable bonds is 8. The van der Waals surface area contributed by atoms with Crippen LogP contribution in [-0.2, 0) is 11.3 Å². The maximum absolute atomic E-state index is 13.0. The monoisotopic (exact) mass is 433 g/mol. The molecule has 7 heteroatoms. The lowest BCUT2D eigenvalue weighted by atomic mass is 10.1. The highest BCUT2D eigenvalue weighted by molar-refractivity contribution is 7.99. The summed E-state index contributed by atoms with van der Waals surface area (Å²) in [6, 6.07) is 17.6. The van der Waals surface area contributed by atoms with Gasteiger partial charge < -0.3 is 9.47 Å². The molecule has 1 atom stereocenters. The van der Waals surface area contributed by atoms with E-state index in [0.29, 0.717) is 17.9 Å². The summed E-state index contributed by atoms with van der Waals surface area (Å²) in [4.78, 5) is 14.9. The van der Waals surface area contributed by atoms with Crippen LogP contribution in [0.2, 0.25) is 0 Å². The molecule has 0 bridgehead atoms. The number of thioether (sulfide) groups is 1. The Labute approximate surface area is 187 Å². The van der Waals surface area contributed by atoms with Crippen molar-refractivity contribution in [3.8, 4) is 17.5 Å². The van der Waals surface area contributed by atoms with Crippen molar-refractivity contribution in [1.29, 1.82) is 5.26 Å². The van der Waals surface area contributed by atoms with Crippen LogP contribution in [0, 0.1) is 18.3 Å². The van der Waals surface area contributed by atoms with Gasteiger partial charge in [0.15, 0.2) is 11.0 Å². The van der Waals surface area contributed by atoms with Gasteiger partial charge in [-0.15, -0.1) is 10.2 Å². The van der Waals surface area contributed by atoms with Crippen LogP contribution in [0.25, 0.3) is 11.4 Å². The van der Waals surface area contributed by atoms with Crippen molar-refractivity contribution in [3.05, 3.63) is 65.2 Å². The van der Waals surface area contributed by atoms with Gasteiger partial charge in [-0.05, 0) is 51.0 Å². The maximum atomic E-state index is 13.0. The zero-order chi connectivity index (χ0) is 22.4. The van der Waals surface area contributed by atoms with Gasteiger partial charge in [-0.3, -0.25) is 4.79 Å². The molecule has 0 saturated carbocycles. The second kappa shape index (κ2) is 10.3. The minimum atomic E-state index is -0.0718. The van der Waals surface area contributed by atoms with Crippen LogP contribution in [0.15, 0.2) is 53.7 Å². The van der Waals surface area contributed by atoms with E-state index in [1.54, 1.807) is 12.1 Å². The van der Waals surface area contributed by atoms with Crippen molar-refractivity contribution < 1.29 is 4.79 Å². The molecule has 0 N–H and O–H groups in total. The predicted molar refractivity (Wildman–Crippen MR) is 124 cm³/mol. The normalized spacial score (nSPS) is 11.7. The molecule has 160 valence electrons. The second-order valence-electron chi connectivity index (χ2n) is 7.24. The van der Waals surface area contributed by atoms with E-state index in [1.165, 1.54) is 11.8 Å². The van der Waals surface area contributed by atoms with Crippen molar-refractivity contribution in [2.45, 2.75) is 45.4 Å². The number of carbonyl (C=O) groups is 1. The van der Waals surface area contributed by atoms with E-state index in [2.05, 4.69) is 40.7 Å². The summed E-state index contributed by atoms with van der Waals surface area (Å²) in [5.74, 6) is 1.17. The van der Waals surface area contributed by atoms with Crippen LogP contribution >= 0.6 is 11.8 Å². The summed E-state index contributed by atoms with van der Waals surface area (Å²) in [5.41, 5.74) is 3.83. The van der Waals surface area contributed by atoms with Gasteiger partial charge in [-0.2, -0.15) is 5.26 Å². The summed E-state index contributed by atoms with van der Waals surface area (Å²) >= 11 is 1.42. The van der Waals surface area contributed by atoms with Gasteiger partial charge in [-0.1, -0.05) is 48.2 Å². The molecule has 2 aromatic carbocycles. The number of hydrogen-bond donors (Lipinski definition) is 0. The first-order valence-electron chi connectivity index (χ1n) is 10.4. The number of aryl methyl sites for hydroxylation is 1. The Morgan fingerprint density at radius 1 is 1.16 bits per heavy atom. The van der Waals surface area contributed by atoms with Crippen molar-refractivity contribution in [2.75, 3.05) is 12.3 Å². The van der Waals surface area contributed by atoms with Crippen LogP contribution in [0.1, 0.15) is 43.5 Å². The molecule has 31 heavy (non-hydrogen) atoms. The minimum Gasteiger partial charge on any atom is -0.335 e. The molecule has 3 rings (SSSR count). The van der Waals surface area contributed by atoms with Crippen LogP contribution in [-0.4, -0.2) is 37.9 Å². The number of amides is 1. The van der Waals surface area contributed by atoms with Gasteiger partial charge in [0, 0.05) is 18.7 Å². The van der Waals surface area contributed by atoms with Gasteiger partial charge in [0.2, 0.25) is 5.91 Å². The van der Waals surface area contributed by atoms with E-state index in [9.17, 15) is 4.79 Å². The maximum Gasteiger partial charge on any atom is 0.233 e. The minimum absolute atomic E-state index is 0.0486. The first kappa shape index (κ1) is 22.6. The standard InChI is InChI=1S/C24H27N5OS/c1-5-28(18(4)20-13-11-19(15-25)12-14-20)22(30)16-31-24-27-26-23(29(24)6-2)21-10-8-7-9-17(21)3/h7-14,18H,5-6,16H2,1-4H3. The molecule has 0 saturated heterocycles. The van der Waals surface area contributed by atoms with Crippen LogP contribution in [0.4, 0.5) is 0 Å². The van der Waals surface area contributed by atoms with Crippen LogP contribution in [0.3, 0.4) is 0 Å². The van der Waals surface area contributed by atoms with Crippen molar-refractivity contribution in [1.82, 2.24) is 19.7 Å². The first-order valence-corrected chi connectivity index (χ1v) is 11.4. The number of benzene rings is 2. The second-order valence-corrected chi connectivity index (χ2v) is 8.19. The lowest BCUT2D eigenvalue weighted by Crippen LogP contribution is -2.34. The number of aromatic nitrogens is 3. The highest BCUT2D eigenvalue weighted by Crippen LogP contribution is 2.27. The molecule has 0 aliphatic rings. The molecule has 1 heterocycles. The third kappa shape index (κ3) is 4.97. The molecule has 1 unspecified atom stereocenters. The van der Waals surface area contributed by atoms with Gasteiger partial charge in [0.05, 0.1) is 23.4 Å². The van der Waals surface area contributed by atoms with Gasteiger partial charge in [0.1, 0.15) is 0 Å². The topological polar surface area (TPSA) is 74.8 Å². The molecule has 0 radical (unpaired) electrons. The fourth-order valence-electron chi connectivity index (χ4n) is 3.60. The fourth-order valence-corrected chi connectivity index (χ4v) is 4.48. The van der Waals surface area contributed by atoms with Gasteiger partial charge in [-0.25, -0.2) is 0 Å². The summed E-state index contributed by atoms with van der Waals surface area (Å²) < 4.78 is 2.06. The molecule has 0 spiro atoms. The summed E-state index contributed by atoms with van der Waals surface area (Å²) in [6.07, 6.45) is 0. The summed E-state index contributed by atoms with van der Waals surface area (Å²) in [7, 11) is 0. The fraction of sp³-hybridized carbons (Fsp3) is 0.333. The van der Waals surface area contributed by atoms with E-state index in [1.807, 2.05) is 49.1 Å². The third-order valence-electron chi connectivity index (χ3n) is 5.39. The molecule has 1 amide bonds. The van der Waals surface area contributed by atoms with Crippen molar-refractivity contribution in [3.63, 3.8) is 0 Å². The highest BCUT2D eigenvalue weighted by atomic mass is 32.2. The van der Waals surface area contributed by atoms with Crippen LogP contribution in [0.5, 0.6) is 0 Å². The number of carbonyl (C=O) groups excluding carboxylic acids is 1. The Hall–Kier alpha value is -3.11. The Bertz CT molecular complexity index is 1080. The quantitative estimate of drug-likeness (QED) is 0.475. The molecule has 0 fully saturated rings. The van der Waals surface area contributed by atoms with Crippen LogP contribution < -0.4 is 0 Å². The molecular weight excluding hydrogens is 406 g/mol. The molecule has 6 nitrogen and oxygen atoms in total. The van der Waals surface area contributed by atoms with Gasteiger partial charge >= 0.3 is 0 Å². The lowest BCUT2D eigenvalue weighted by Gasteiger charge is -2.28. The zero-order valence-corrected chi connectivity index (χ0v) is 19.2. The zero-order valence-electron chi connectivity index (χ0n) is 18.4. The summed E-state index contributed by atoms with van der Waals surface area (Å²) in [5, 5.41) is 18.5. The third-order valence-corrected chi connectivity index (χ3v) is 6.35. The largest absolute Gasteiger partial charge is 0.335 e. The van der Waals surface area contributed by atoms with Crippen molar-refractivity contribution >= 4 is 17.7 Å². The molecule has 1 aromatic heterocycles. The molecule has 0 aliphatic heterocycles. The van der Waals surface area contributed by atoms with E-state index >= 15 is 0 Å². The number of hydrogen-bond acceptors (Lipinski definition) is 5. The lowest BCUT2D eigenvalue weighted by molar-refractivity contribution is -0.130. The number of nitriles is 1. The summed E-state index contributed by atoms with van der Waals surface area (Å²) in [6.45, 7) is 9.44. The van der Waals surface area contributed by atoms with E-state index in [4.69, 9.17) is 5.26 Å². The first-order chi connectivity index (χ1) is 15.0. The van der Waals surface area contributed by atoms with E-state index in [0.717, 1.165) is 34.2 Å². The Balaban J connectivity index is 1.73. The predicted octanol–water partition coefficient (Wildman–Crippen LogP) is 4.85. The molecule has 3 aromatic rings.